The van der Waals surface area contributed by atoms with Gasteiger partial charge in [0.05, 0.1) is 14.2 Å². The molecular formula is C14H15NO3. The van der Waals surface area contributed by atoms with Gasteiger partial charge in [0.1, 0.15) is 18.1 Å². The minimum atomic E-state index is 0.338. The third kappa shape index (κ3) is 2.71. The summed E-state index contributed by atoms with van der Waals surface area (Å²) >= 11 is 0. The van der Waals surface area contributed by atoms with E-state index in [2.05, 4.69) is 4.98 Å². The van der Waals surface area contributed by atoms with E-state index in [9.17, 15) is 0 Å². The zero-order valence-corrected chi connectivity index (χ0v) is 10.4. The molecule has 2 aromatic rings. The molecule has 0 aliphatic carbocycles. The Morgan fingerprint density at radius 3 is 2.44 bits per heavy atom. The summed E-state index contributed by atoms with van der Waals surface area (Å²) in [6.45, 7) is 0.338. The van der Waals surface area contributed by atoms with E-state index in [1.165, 1.54) is 0 Å². The first kappa shape index (κ1) is 12.2. The maximum Gasteiger partial charge on any atom is 0.185 e. The highest BCUT2D eigenvalue weighted by atomic mass is 16.5. The van der Waals surface area contributed by atoms with Crippen LogP contribution >= 0.6 is 0 Å². The predicted octanol–water partition coefficient (Wildman–Crippen LogP) is 2.68. The monoisotopic (exact) mass is 245 g/mol. The first-order valence-corrected chi connectivity index (χ1v) is 5.59. The minimum Gasteiger partial charge on any atom is -0.493 e. The van der Waals surface area contributed by atoms with Gasteiger partial charge < -0.3 is 14.2 Å². The summed E-state index contributed by atoms with van der Waals surface area (Å²) in [4.78, 5) is 4.24. The molecule has 18 heavy (non-hydrogen) atoms. The molecule has 0 unspecified atom stereocenters. The highest BCUT2D eigenvalue weighted by Crippen LogP contribution is 2.29. The molecule has 4 nitrogen and oxygen atoms in total. The van der Waals surface area contributed by atoms with Gasteiger partial charge in [-0.3, -0.25) is 4.98 Å². The first-order valence-electron chi connectivity index (χ1n) is 5.59. The Bertz CT molecular complexity index is 500. The van der Waals surface area contributed by atoms with Crippen molar-refractivity contribution < 1.29 is 14.2 Å². The molecule has 0 amide bonds. The maximum atomic E-state index is 5.64. The average molecular weight is 245 g/mol. The van der Waals surface area contributed by atoms with Gasteiger partial charge in [-0.05, 0) is 12.1 Å². The van der Waals surface area contributed by atoms with Crippen molar-refractivity contribution in [1.29, 1.82) is 0 Å². The van der Waals surface area contributed by atoms with Crippen LogP contribution < -0.4 is 14.2 Å². The van der Waals surface area contributed by atoms with Crippen molar-refractivity contribution >= 4 is 0 Å². The SMILES string of the molecule is COc1ccnc(COc2ccccc2)c1OC. The number of rotatable bonds is 5. The average Bonchev–Trinajstić information content (AvgIpc) is 2.45. The molecule has 4 heteroatoms. The Morgan fingerprint density at radius 1 is 1.00 bits per heavy atom. The molecule has 1 aromatic carbocycles. The van der Waals surface area contributed by atoms with E-state index in [0.717, 1.165) is 5.75 Å². The molecule has 2 rings (SSSR count). The van der Waals surface area contributed by atoms with Crippen LogP contribution in [0.15, 0.2) is 42.6 Å². The van der Waals surface area contributed by atoms with E-state index in [4.69, 9.17) is 14.2 Å². The third-order valence-corrected chi connectivity index (χ3v) is 2.48. The van der Waals surface area contributed by atoms with Crippen LogP contribution in [0.5, 0.6) is 17.2 Å². The van der Waals surface area contributed by atoms with Gasteiger partial charge in [-0.25, -0.2) is 0 Å². The summed E-state index contributed by atoms with van der Waals surface area (Å²) in [5.41, 5.74) is 0.709. The molecule has 0 aliphatic heterocycles. The number of hydrogen-bond donors (Lipinski definition) is 0. The molecule has 0 radical (unpaired) electrons. The molecule has 0 saturated carbocycles. The second-order valence-corrected chi connectivity index (χ2v) is 3.59. The summed E-state index contributed by atoms with van der Waals surface area (Å²) < 4.78 is 16.1. The summed E-state index contributed by atoms with van der Waals surface area (Å²) in [6, 6.07) is 11.3. The van der Waals surface area contributed by atoms with Crippen LogP contribution in [0.1, 0.15) is 5.69 Å². The summed E-state index contributed by atoms with van der Waals surface area (Å²) in [6.07, 6.45) is 1.67. The number of hydrogen-bond acceptors (Lipinski definition) is 4. The zero-order chi connectivity index (χ0) is 12.8. The molecule has 0 bridgehead atoms. The van der Waals surface area contributed by atoms with Gasteiger partial charge in [0.15, 0.2) is 11.5 Å². The Balaban J connectivity index is 2.14. The Hall–Kier alpha value is -2.23. The number of para-hydroxylation sites is 1. The highest BCUT2D eigenvalue weighted by molar-refractivity contribution is 5.42. The third-order valence-electron chi connectivity index (χ3n) is 2.48. The van der Waals surface area contributed by atoms with Crippen molar-refractivity contribution in [3.63, 3.8) is 0 Å². The molecule has 0 aliphatic rings. The number of ether oxygens (including phenoxy) is 3. The first-order chi connectivity index (χ1) is 8.85. The molecular weight excluding hydrogens is 230 g/mol. The Labute approximate surface area is 106 Å². The zero-order valence-electron chi connectivity index (χ0n) is 10.4. The van der Waals surface area contributed by atoms with Crippen molar-refractivity contribution in [3.8, 4) is 17.2 Å². The van der Waals surface area contributed by atoms with E-state index in [1.54, 1.807) is 26.5 Å². The van der Waals surface area contributed by atoms with Crippen LogP contribution in [-0.4, -0.2) is 19.2 Å². The van der Waals surface area contributed by atoms with E-state index in [-0.39, 0.29) is 0 Å². The van der Waals surface area contributed by atoms with E-state index >= 15 is 0 Å². The lowest BCUT2D eigenvalue weighted by atomic mass is 10.3. The summed E-state index contributed by atoms with van der Waals surface area (Å²) in [5, 5.41) is 0. The number of aromatic nitrogens is 1. The number of nitrogens with zero attached hydrogens (tertiary/aromatic N) is 1. The fraction of sp³-hybridized carbons (Fsp3) is 0.214. The van der Waals surface area contributed by atoms with Crippen LogP contribution in [0.2, 0.25) is 0 Å². The van der Waals surface area contributed by atoms with Gasteiger partial charge in [0.2, 0.25) is 0 Å². The van der Waals surface area contributed by atoms with E-state index in [0.29, 0.717) is 23.8 Å². The van der Waals surface area contributed by atoms with Crippen LogP contribution in [0, 0.1) is 0 Å². The van der Waals surface area contributed by atoms with Crippen molar-refractivity contribution in [1.82, 2.24) is 4.98 Å². The molecule has 0 saturated heterocycles. The molecule has 1 heterocycles. The van der Waals surface area contributed by atoms with Crippen LogP contribution in [-0.2, 0) is 6.61 Å². The van der Waals surface area contributed by atoms with Crippen molar-refractivity contribution in [2.45, 2.75) is 6.61 Å². The van der Waals surface area contributed by atoms with Crippen LogP contribution in [0.3, 0.4) is 0 Å². The summed E-state index contributed by atoms with van der Waals surface area (Å²) in [7, 11) is 3.19. The smallest absolute Gasteiger partial charge is 0.185 e. The molecule has 0 atom stereocenters. The fourth-order valence-electron chi connectivity index (χ4n) is 1.62. The minimum absolute atomic E-state index is 0.338. The highest BCUT2D eigenvalue weighted by Gasteiger charge is 2.11. The molecule has 1 aromatic heterocycles. The standard InChI is InChI=1S/C14H15NO3/c1-16-13-8-9-15-12(14(13)17-2)10-18-11-6-4-3-5-7-11/h3-9H,10H2,1-2H3. The van der Waals surface area contributed by atoms with Crippen molar-refractivity contribution in [2.24, 2.45) is 0 Å². The quantitative estimate of drug-likeness (QED) is 0.812. The second kappa shape index (κ2) is 5.91. The summed E-state index contributed by atoms with van der Waals surface area (Å²) in [5.74, 6) is 2.05. The fourth-order valence-corrected chi connectivity index (χ4v) is 1.62. The lowest BCUT2D eigenvalue weighted by molar-refractivity contribution is 0.285. The lowest BCUT2D eigenvalue weighted by Crippen LogP contribution is -2.03. The number of pyridine rings is 1. The van der Waals surface area contributed by atoms with Crippen molar-refractivity contribution in [2.75, 3.05) is 14.2 Å². The maximum absolute atomic E-state index is 5.64. The van der Waals surface area contributed by atoms with Gasteiger partial charge in [-0.1, -0.05) is 18.2 Å². The van der Waals surface area contributed by atoms with Crippen LogP contribution in [0.4, 0.5) is 0 Å². The molecule has 0 fully saturated rings. The topological polar surface area (TPSA) is 40.6 Å². The van der Waals surface area contributed by atoms with E-state index in [1.807, 2.05) is 30.3 Å². The largest absolute Gasteiger partial charge is 0.493 e. The number of benzene rings is 1. The van der Waals surface area contributed by atoms with Gasteiger partial charge in [0.25, 0.3) is 0 Å². The molecule has 0 N–H and O–H groups in total. The number of methoxy groups -OCH3 is 2. The normalized spacial score (nSPS) is 9.89. The van der Waals surface area contributed by atoms with Gasteiger partial charge in [-0.2, -0.15) is 0 Å². The van der Waals surface area contributed by atoms with Gasteiger partial charge in [0, 0.05) is 12.3 Å². The van der Waals surface area contributed by atoms with Gasteiger partial charge >= 0.3 is 0 Å². The van der Waals surface area contributed by atoms with E-state index < -0.39 is 0 Å². The molecule has 0 spiro atoms. The van der Waals surface area contributed by atoms with Gasteiger partial charge in [-0.15, -0.1) is 0 Å². The Kier molecular flexibility index (Phi) is 4.02. The molecule has 94 valence electrons. The second-order valence-electron chi connectivity index (χ2n) is 3.59. The predicted molar refractivity (Wildman–Crippen MR) is 68.1 cm³/mol. The van der Waals surface area contributed by atoms with Crippen molar-refractivity contribution in [3.05, 3.63) is 48.3 Å². The van der Waals surface area contributed by atoms with Crippen LogP contribution in [0.25, 0.3) is 0 Å². The Morgan fingerprint density at radius 2 is 1.78 bits per heavy atom. The lowest BCUT2D eigenvalue weighted by Gasteiger charge is -2.12.